The zero-order valence-electron chi connectivity index (χ0n) is 17.4. The molecule has 160 valence electrons. The summed E-state index contributed by atoms with van der Waals surface area (Å²) in [4.78, 5) is 11.1. The summed E-state index contributed by atoms with van der Waals surface area (Å²) in [5.41, 5.74) is 3.92. The van der Waals surface area contributed by atoms with Crippen LogP contribution in [0.15, 0.2) is 42.9 Å². The van der Waals surface area contributed by atoms with Crippen LogP contribution in [0.3, 0.4) is 0 Å². The van der Waals surface area contributed by atoms with E-state index in [9.17, 15) is 5.11 Å². The van der Waals surface area contributed by atoms with Crippen molar-refractivity contribution in [3.63, 3.8) is 0 Å². The SMILES string of the molecule is COc1ncnc2c(CN3CC(O)[C@@H](CSC)C3)cn(COCc3ccccc3)c12. The first-order chi connectivity index (χ1) is 14.7. The van der Waals surface area contributed by atoms with Crippen molar-refractivity contribution in [2.24, 2.45) is 5.92 Å². The summed E-state index contributed by atoms with van der Waals surface area (Å²) in [6.07, 6.45) is 5.42. The number of methoxy groups -OCH3 is 1. The van der Waals surface area contributed by atoms with Crippen LogP contribution in [0.25, 0.3) is 11.0 Å². The van der Waals surface area contributed by atoms with Gasteiger partial charge in [0.15, 0.2) is 0 Å². The maximum Gasteiger partial charge on any atom is 0.241 e. The Morgan fingerprint density at radius 3 is 2.80 bits per heavy atom. The number of rotatable bonds is 9. The molecule has 2 aromatic heterocycles. The second-order valence-electron chi connectivity index (χ2n) is 7.64. The van der Waals surface area contributed by atoms with Gasteiger partial charge in [-0.2, -0.15) is 16.7 Å². The predicted octanol–water partition coefficient (Wildman–Crippen LogP) is 2.77. The van der Waals surface area contributed by atoms with Crippen LogP contribution in [-0.4, -0.2) is 62.9 Å². The molecule has 0 saturated carbocycles. The highest BCUT2D eigenvalue weighted by atomic mass is 32.2. The lowest BCUT2D eigenvalue weighted by atomic mass is 10.1. The number of ether oxygens (including phenoxy) is 2. The molecule has 0 radical (unpaired) electrons. The lowest BCUT2D eigenvalue weighted by molar-refractivity contribution is 0.0663. The van der Waals surface area contributed by atoms with Crippen molar-refractivity contribution in [3.05, 3.63) is 54.0 Å². The summed E-state index contributed by atoms with van der Waals surface area (Å²) in [6, 6.07) is 10.1. The largest absolute Gasteiger partial charge is 0.479 e. The average Bonchev–Trinajstić information content (AvgIpc) is 3.29. The summed E-state index contributed by atoms with van der Waals surface area (Å²) < 4.78 is 13.5. The fraction of sp³-hybridized carbons (Fsp3) is 0.455. The maximum absolute atomic E-state index is 10.4. The van der Waals surface area contributed by atoms with E-state index in [1.54, 1.807) is 18.9 Å². The lowest BCUT2D eigenvalue weighted by Gasteiger charge is -2.14. The fourth-order valence-electron chi connectivity index (χ4n) is 4.06. The Labute approximate surface area is 181 Å². The summed E-state index contributed by atoms with van der Waals surface area (Å²) in [6.45, 7) is 3.21. The highest BCUT2D eigenvalue weighted by Gasteiger charge is 2.31. The Bertz CT molecular complexity index is 966. The molecule has 1 fully saturated rings. The van der Waals surface area contributed by atoms with E-state index in [0.717, 1.165) is 41.0 Å². The number of nitrogens with zero attached hydrogens (tertiary/aromatic N) is 4. The van der Waals surface area contributed by atoms with Gasteiger partial charge in [0.25, 0.3) is 0 Å². The van der Waals surface area contributed by atoms with Crippen LogP contribution in [0.4, 0.5) is 0 Å². The number of fused-ring (bicyclic) bond motifs is 1. The normalized spacial score (nSPS) is 19.6. The number of aliphatic hydroxyl groups is 1. The van der Waals surface area contributed by atoms with Crippen molar-refractivity contribution < 1.29 is 14.6 Å². The Morgan fingerprint density at radius 1 is 1.20 bits per heavy atom. The summed E-state index contributed by atoms with van der Waals surface area (Å²) >= 11 is 1.79. The van der Waals surface area contributed by atoms with E-state index < -0.39 is 0 Å². The second kappa shape index (κ2) is 9.78. The molecular formula is C22H28N4O3S. The number of hydrogen-bond acceptors (Lipinski definition) is 7. The predicted molar refractivity (Wildman–Crippen MR) is 118 cm³/mol. The van der Waals surface area contributed by atoms with Gasteiger partial charge < -0.3 is 19.1 Å². The standard InChI is InChI=1S/C22H28N4O3S/c1-28-22-21-20(23-14-24-22)17(8-25-9-18(13-30-2)19(27)11-25)10-26(21)15-29-12-16-6-4-3-5-7-16/h3-7,10,14,18-19,27H,8-9,11-13,15H2,1-2H3/t18-,19?/m1/s1. The van der Waals surface area contributed by atoms with E-state index in [4.69, 9.17) is 9.47 Å². The summed E-state index contributed by atoms with van der Waals surface area (Å²) in [5, 5.41) is 10.4. The minimum absolute atomic E-state index is 0.274. The zero-order chi connectivity index (χ0) is 20.9. The van der Waals surface area contributed by atoms with E-state index >= 15 is 0 Å². The first kappa shape index (κ1) is 21.1. The van der Waals surface area contributed by atoms with E-state index in [-0.39, 0.29) is 6.10 Å². The first-order valence-corrected chi connectivity index (χ1v) is 11.5. The topological polar surface area (TPSA) is 72.6 Å². The second-order valence-corrected chi connectivity index (χ2v) is 8.55. The molecule has 1 aromatic carbocycles. The quantitative estimate of drug-likeness (QED) is 0.562. The lowest BCUT2D eigenvalue weighted by Crippen LogP contribution is -2.21. The van der Waals surface area contributed by atoms with Gasteiger partial charge in [-0.25, -0.2) is 4.98 Å². The molecule has 1 saturated heterocycles. The highest BCUT2D eigenvalue weighted by molar-refractivity contribution is 7.98. The molecule has 0 bridgehead atoms. The number of aliphatic hydroxyl groups excluding tert-OH is 1. The minimum Gasteiger partial charge on any atom is -0.479 e. The van der Waals surface area contributed by atoms with Crippen LogP contribution in [-0.2, 0) is 24.6 Å². The molecule has 4 rings (SSSR count). The summed E-state index contributed by atoms with van der Waals surface area (Å²) in [7, 11) is 1.62. The Morgan fingerprint density at radius 2 is 2.03 bits per heavy atom. The Kier molecular flexibility index (Phi) is 6.89. The van der Waals surface area contributed by atoms with Crippen molar-refractivity contribution in [2.45, 2.75) is 26.0 Å². The van der Waals surface area contributed by atoms with Crippen LogP contribution < -0.4 is 4.74 Å². The van der Waals surface area contributed by atoms with E-state index in [1.165, 1.54) is 6.33 Å². The monoisotopic (exact) mass is 428 g/mol. The van der Waals surface area contributed by atoms with Gasteiger partial charge in [-0.15, -0.1) is 0 Å². The Balaban J connectivity index is 1.53. The van der Waals surface area contributed by atoms with E-state index in [0.29, 0.717) is 31.7 Å². The van der Waals surface area contributed by atoms with Crippen LogP contribution in [0.5, 0.6) is 5.88 Å². The van der Waals surface area contributed by atoms with Gasteiger partial charge in [0.05, 0.1) is 19.8 Å². The molecule has 30 heavy (non-hydrogen) atoms. The van der Waals surface area contributed by atoms with Crippen LogP contribution in [0, 0.1) is 5.92 Å². The van der Waals surface area contributed by atoms with Crippen molar-refractivity contribution >= 4 is 22.8 Å². The van der Waals surface area contributed by atoms with Gasteiger partial charge in [-0.1, -0.05) is 30.3 Å². The van der Waals surface area contributed by atoms with Gasteiger partial charge in [0.2, 0.25) is 5.88 Å². The van der Waals surface area contributed by atoms with Crippen LogP contribution >= 0.6 is 11.8 Å². The zero-order valence-corrected chi connectivity index (χ0v) is 18.2. The summed E-state index contributed by atoms with van der Waals surface area (Å²) in [5.74, 6) is 1.82. The molecule has 1 N–H and O–H groups in total. The van der Waals surface area contributed by atoms with Gasteiger partial charge in [-0.3, -0.25) is 4.90 Å². The van der Waals surface area contributed by atoms with Crippen molar-refractivity contribution in [1.82, 2.24) is 19.4 Å². The van der Waals surface area contributed by atoms with Crippen LogP contribution in [0.1, 0.15) is 11.1 Å². The maximum atomic E-state index is 10.4. The third-order valence-electron chi connectivity index (χ3n) is 5.48. The molecule has 8 heteroatoms. The number of thioether (sulfide) groups is 1. The number of benzene rings is 1. The van der Waals surface area contributed by atoms with Crippen LogP contribution in [0.2, 0.25) is 0 Å². The number of β-amino-alcohol motifs (C(OH)–C–C–N with tert-alkyl or cyclic N) is 1. The molecule has 3 heterocycles. The third-order valence-corrected chi connectivity index (χ3v) is 6.25. The average molecular weight is 429 g/mol. The molecule has 1 unspecified atom stereocenters. The highest BCUT2D eigenvalue weighted by Crippen LogP contribution is 2.29. The number of likely N-dealkylation sites (tertiary alicyclic amines) is 1. The molecule has 1 aliphatic heterocycles. The van der Waals surface area contributed by atoms with Crippen molar-refractivity contribution in [3.8, 4) is 5.88 Å². The molecule has 1 aliphatic rings. The number of aromatic nitrogens is 3. The van der Waals surface area contributed by atoms with E-state index in [2.05, 4.69) is 27.3 Å². The molecule has 7 nitrogen and oxygen atoms in total. The number of hydrogen-bond donors (Lipinski definition) is 1. The smallest absolute Gasteiger partial charge is 0.241 e. The molecular weight excluding hydrogens is 400 g/mol. The van der Waals surface area contributed by atoms with Gasteiger partial charge in [0, 0.05) is 37.3 Å². The van der Waals surface area contributed by atoms with Gasteiger partial charge in [0.1, 0.15) is 24.1 Å². The molecule has 0 amide bonds. The van der Waals surface area contributed by atoms with Gasteiger partial charge >= 0.3 is 0 Å². The minimum atomic E-state index is -0.274. The molecule has 3 aromatic rings. The third kappa shape index (κ3) is 4.62. The fourth-order valence-corrected chi connectivity index (χ4v) is 4.82. The van der Waals surface area contributed by atoms with Crippen molar-refractivity contribution in [1.29, 1.82) is 0 Å². The van der Waals surface area contributed by atoms with E-state index in [1.807, 2.05) is 34.9 Å². The molecule has 2 atom stereocenters. The Hall–Kier alpha value is -2.13. The first-order valence-electron chi connectivity index (χ1n) is 10.1. The molecule has 0 spiro atoms. The molecule has 0 aliphatic carbocycles. The van der Waals surface area contributed by atoms with Crippen molar-refractivity contribution in [2.75, 3.05) is 32.2 Å². The van der Waals surface area contributed by atoms with Gasteiger partial charge in [-0.05, 0) is 17.6 Å².